The molecule has 0 radical (unpaired) electrons. The van der Waals surface area contributed by atoms with E-state index in [1.165, 1.54) is 6.92 Å². The van der Waals surface area contributed by atoms with Gasteiger partial charge in [-0.2, -0.15) is 0 Å². The lowest BCUT2D eigenvalue weighted by Crippen LogP contribution is -2.47. The number of nitro groups is 2. The zero-order chi connectivity index (χ0) is 12.3. The maximum absolute atomic E-state index is 10.8. The monoisotopic (exact) mass is 224 g/mol. The smallest absolute Gasteiger partial charge is 0.258 e. The summed E-state index contributed by atoms with van der Waals surface area (Å²) in [5.74, 6) is -0.793. The molecule has 0 saturated carbocycles. The Morgan fingerprint density at radius 3 is 1.94 bits per heavy atom. The lowest BCUT2D eigenvalue weighted by atomic mass is 9.89. The van der Waals surface area contributed by atoms with Gasteiger partial charge in [0.15, 0.2) is 0 Å². The van der Waals surface area contributed by atoms with Gasteiger partial charge in [-0.15, -0.1) is 0 Å². The highest BCUT2D eigenvalue weighted by molar-refractivity contribution is 5.20. The van der Waals surface area contributed by atoms with Crippen molar-refractivity contribution in [3.8, 4) is 0 Å². The minimum absolute atomic E-state index is 0.582. The lowest BCUT2D eigenvalue weighted by Gasteiger charge is -2.19. The van der Waals surface area contributed by atoms with Crippen LogP contribution in [0.4, 0.5) is 0 Å². The molecule has 1 aromatic carbocycles. The lowest BCUT2D eigenvalue weighted by molar-refractivity contribution is -0.796. The molecule has 1 atom stereocenters. The maximum Gasteiger partial charge on any atom is 0.462 e. The van der Waals surface area contributed by atoms with Crippen LogP contribution < -0.4 is 0 Å². The summed E-state index contributed by atoms with van der Waals surface area (Å²) in [6.45, 7) is 2.52. The van der Waals surface area contributed by atoms with Crippen LogP contribution in [0, 0.1) is 20.2 Å². The Morgan fingerprint density at radius 2 is 1.56 bits per heavy atom. The van der Waals surface area contributed by atoms with E-state index in [1.807, 2.05) is 0 Å². The van der Waals surface area contributed by atoms with Gasteiger partial charge in [0, 0.05) is 0 Å². The predicted molar refractivity (Wildman–Crippen MR) is 57.3 cm³/mol. The van der Waals surface area contributed by atoms with Crippen LogP contribution in [-0.2, 0) is 0 Å². The number of nitrogens with zero attached hydrogens (tertiary/aromatic N) is 2. The zero-order valence-electron chi connectivity index (χ0n) is 8.99. The molecule has 0 aliphatic heterocycles. The largest absolute Gasteiger partial charge is 0.462 e. The van der Waals surface area contributed by atoms with Crippen molar-refractivity contribution in [2.45, 2.75) is 25.4 Å². The van der Waals surface area contributed by atoms with Gasteiger partial charge in [0.2, 0.25) is 0 Å². The minimum Gasteiger partial charge on any atom is -0.258 e. The van der Waals surface area contributed by atoms with Gasteiger partial charge in [-0.25, -0.2) is 0 Å². The molecule has 0 aliphatic carbocycles. The molecule has 86 valence electrons. The third-order valence-electron chi connectivity index (χ3n) is 2.86. The van der Waals surface area contributed by atoms with E-state index in [0.29, 0.717) is 5.56 Å². The van der Waals surface area contributed by atoms with Crippen LogP contribution in [0.1, 0.15) is 25.3 Å². The predicted octanol–water partition coefficient (Wildman–Crippen LogP) is 2.06. The summed E-state index contributed by atoms with van der Waals surface area (Å²) >= 11 is 0. The Kier molecular flexibility index (Phi) is 3.22. The second kappa shape index (κ2) is 4.26. The molecule has 6 heteroatoms. The van der Waals surface area contributed by atoms with E-state index in [4.69, 9.17) is 0 Å². The van der Waals surface area contributed by atoms with Gasteiger partial charge >= 0.3 is 5.66 Å². The molecule has 0 fully saturated rings. The van der Waals surface area contributed by atoms with Crippen LogP contribution in [0.3, 0.4) is 0 Å². The minimum atomic E-state index is -2.19. The van der Waals surface area contributed by atoms with Gasteiger partial charge in [0.05, 0.1) is 16.8 Å². The summed E-state index contributed by atoms with van der Waals surface area (Å²) in [5.41, 5.74) is -1.61. The molecule has 0 bridgehead atoms. The van der Waals surface area contributed by atoms with Gasteiger partial charge in [0.25, 0.3) is 0 Å². The van der Waals surface area contributed by atoms with Crippen molar-refractivity contribution in [3.63, 3.8) is 0 Å². The quantitative estimate of drug-likeness (QED) is 0.445. The standard InChI is InChI=1S/C10H12N2O4/c1-8(9-6-4-3-5-7-9)10(2,11(13)14)12(15)16/h3-8H,1-2H3. The van der Waals surface area contributed by atoms with Crippen molar-refractivity contribution in [1.29, 1.82) is 0 Å². The molecule has 16 heavy (non-hydrogen) atoms. The summed E-state index contributed by atoms with van der Waals surface area (Å²) in [4.78, 5) is 20.0. The Bertz CT molecular complexity index is 391. The maximum atomic E-state index is 10.8. The van der Waals surface area contributed by atoms with Gasteiger partial charge in [0.1, 0.15) is 5.92 Å². The van der Waals surface area contributed by atoms with Gasteiger partial charge < -0.3 is 0 Å². The number of rotatable bonds is 4. The van der Waals surface area contributed by atoms with Gasteiger partial charge in [-0.05, 0) is 12.5 Å². The van der Waals surface area contributed by atoms with Crippen molar-refractivity contribution in [2.24, 2.45) is 0 Å². The van der Waals surface area contributed by atoms with Gasteiger partial charge in [-0.3, -0.25) is 20.2 Å². The molecular weight excluding hydrogens is 212 g/mol. The fourth-order valence-electron chi connectivity index (χ4n) is 1.44. The Hall–Kier alpha value is -1.98. The molecule has 1 rings (SSSR count). The van der Waals surface area contributed by atoms with Crippen LogP contribution in [0.2, 0.25) is 0 Å². The fraction of sp³-hybridized carbons (Fsp3) is 0.400. The summed E-state index contributed by atoms with van der Waals surface area (Å²) in [6, 6.07) is 8.45. The molecule has 1 aromatic rings. The van der Waals surface area contributed by atoms with E-state index < -0.39 is 21.4 Å². The average molecular weight is 224 g/mol. The van der Waals surface area contributed by atoms with E-state index in [9.17, 15) is 20.2 Å². The van der Waals surface area contributed by atoms with Crippen LogP contribution in [0.5, 0.6) is 0 Å². The summed E-state index contributed by atoms with van der Waals surface area (Å²) < 4.78 is 0. The third kappa shape index (κ3) is 1.86. The molecule has 0 heterocycles. The second-order valence-corrected chi connectivity index (χ2v) is 3.74. The van der Waals surface area contributed by atoms with E-state index in [1.54, 1.807) is 30.3 Å². The molecule has 6 nitrogen and oxygen atoms in total. The molecule has 0 amide bonds. The van der Waals surface area contributed by atoms with Crippen molar-refractivity contribution >= 4 is 0 Å². The van der Waals surface area contributed by atoms with Crippen LogP contribution in [0.25, 0.3) is 0 Å². The number of hydrogen-bond donors (Lipinski definition) is 0. The van der Waals surface area contributed by atoms with Gasteiger partial charge in [-0.1, -0.05) is 30.3 Å². The summed E-state index contributed by atoms with van der Waals surface area (Å²) in [7, 11) is 0. The highest BCUT2D eigenvalue weighted by Crippen LogP contribution is 2.30. The zero-order valence-corrected chi connectivity index (χ0v) is 8.99. The second-order valence-electron chi connectivity index (χ2n) is 3.74. The molecule has 0 N–H and O–H groups in total. The Labute approximate surface area is 92.2 Å². The molecule has 0 aromatic heterocycles. The summed E-state index contributed by atoms with van der Waals surface area (Å²) in [6.07, 6.45) is 0. The van der Waals surface area contributed by atoms with E-state index in [0.717, 1.165) is 6.92 Å². The van der Waals surface area contributed by atoms with Crippen LogP contribution >= 0.6 is 0 Å². The third-order valence-corrected chi connectivity index (χ3v) is 2.86. The average Bonchev–Trinajstić information content (AvgIpc) is 2.27. The van der Waals surface area contributed by atoms with Crippen LogP contribution in [-0.4, -0.2) is 15.5 Å². The molecular formula is C10H12N2O4. The topological polar surface area (TPSA) is 86.3 Å². The van der Waals surface area contributed by atoms with Crippen LogP contribution in [0.15, 0.2) is 30.3 Å². The van der Waals surface area contributed by atoms with Crippen molar-refractivity contribution < 1.29 is 9.85 Å². The van der Waals surface area contributed by atoms with E-state index in [2.05, 4.69) is 0 Å². The van der Waals surface area contributed by atoms with E-state index >= 15 is 0 Å². The molecule has 1 unspecified atom stereocenters. The van der Waals surface area contributed by atoms with E-state index in [-0.39, 0.29) is 0 Å². The Morgan fingerprint density at radius 1 is 1.12 bits per heavy atom. The summed E-state index contributed by atoms with van der Waals surface area (Å²) in [5, 5.41) is 21.7. The van der Waals surface area contributed by atoms with Crippen molar-refractivity contribution in [1.82, 2.24) is 0 Å². The highest BCUT2D eigenvalue weighted by Gasteiger charge is 2.56. The van der Waals surface area contributed by atoms with Crippen molar-refractivity contribution in [2.75, 3.05) is 0 Å². The SMILES string of the molecule is CC(c1ccccc1)C(C)([N+](=O)[O-])[N+](=O)[O-]. The first kappa shape index (κ1) is 12.1. The van der Waals surface area contributed by atoms with Crippen molar-refractivity contribution in [3.05, 3.63) is 56.1 Å². The number of hydrogen-bond acceptors (Lipinski definition) is 4. The molecule has 0 aliphatic rings. The fourth-order valence-corrected chi connectivity index (χ4v) is 1.44. The first-order valence-corrected chi connectivity index (χ1v) is 4.74. The highest BCUT2D eigenvalue weighted by atomic mass is 16.7. The molecule has 0 spiro atoms. The first-order chi connectivity index (χ1) is 7.40. The first-order valence-electron chi connectivity index (χ1n) is 4.74. The Balaban J connectivity index is 3.16. The normalized spacial score (nSPS) is 13.1. The number of benzene rings is 1. The molecule has 0 saturated heterocycles.